The van der Waals surface area contributed by atoms with Gasteiger partial charge in [0.05, 0.1) is 0 Å². The highest BCUT2D eigenvalue weighted by molar-refractivity contribution is 5.73. The van der Waals surface area contributed by atoms with Gasteiger partial charge in [-0.1, -0.05) is 13.8 Å². The van der Waals surface area contributed by atoms with Crippen LogP contribution in [0.5, 0.6) is 0 Å². The topological polar surface area (TPSA) is 52.6 Å². The number of esters is 2. The zero-order valence-corrected chi connectivity index (χ0v) is 18.1. The normalized spacial score (nSPS) is 56.1. The molecular formula is C25H36O4. The van der Waals surface area contributed by atoms with Crippen molar-refractivity contribution in [2.75, 3.05) is 0 Å². The van der Waals surface area contributed by atoms with Crippen molar-refractivity contribution in [3.63, 3.8) is 0 Å². The lowest BCUT2D eigenvalue weighted by Gasteiger charge is -2.62. The average Bonchev–Trinajstić information content (AvgIpc) is 3.33. The molecule has 6 rings (SSSR count). The standard InChI is InChI=1S/C25H36O4/c1-22-13-14-24(10-7-20(26)28-24)15-16(22)3-4-17-18(22)5-9-23(2)19(17)6-11-25(23)12-8-21(27)29-25/h16-19H,3-15H2,1-2H3/t16?,17-,18+,19+,22+,23+,24?,25-/m1/s1. The van der Waals surface area contributed by atoms with Gasteiger partial charge in [0.1, 0.15) is 11.2 Å². The van der Waals surface area contributed by atoms with E-state index in [1.165, 1.54) is 38.5 Å². The third-order valence-electron chi connectivity index (χ3n) is 11.2. The second kappa shape index (κ2) is 5.79. The predicted octanol–water partition coefficient (Wildman–Crippen LogP) is 5.18. The van der Waals surface area contributed by atoms with E-state index in [9.17, 15) is 9.59 Å². The van der Waals surface area contributed by atoms with Crippen LogP contribution in [0, 0.1) is 34.5 Å². The summed E-state index contributed by atoms with van der Waals surface area (Å²) in [6, 6.07) is 0. The van der Waals surface area contributed by atoms with E-state index in [-0.39, 0.29) is 28.6 Å². The Kier molecular flexibility index (Phi) is 3.73. The predicted molar refractivity (Wildman–Crippen MR) is 108 cm³/mol. The molecule has 4 aliphatic carbocycles. The largest absolute Gasteiger partial charge is 0.459 e. The number of carbonyl (C=O) groups excluding carboxylic acids is 2. The third-order valence-corrected chi connectivity index (χ3v) is 11.2. The maximum absolute atomic E-state index is 12.0. The molecule has 6 aliphatic rings. The Bertz CT molecular complexity index is 762. The van der Waals surface area contributed by atoms with Crippen LogP contribution in [-0.4, -0.2) is 23.1 Å². The smallest absolute Gasteiger partial charge is 0.306 e. The molecule has 2 unspecified atom stereocenters. The Hall–Kier alpha value is -1.06. The molecule has 0 aromatic carbocycles. The van der Waals surface area contributed by atoms with E-state index in [1.807, 2.05) is 0 Å². The van der Waals surface area contributed by atoms with Gasteiger partial charge in [0.15, 0.2) is 0 Å². The monoisotopic (exact) mass is 400 g/mol. The maximum Gasteiger partial charge on any atom is 0.306 e. The summed E-state index contributed by atoms with van der Waals surface area (Å²) in [4.78, 5) is 23.9. The van der Waals surface area contributed by atoms with Gasteiger partial charge < -0.3 is 9.47 Å². The molecule has 0 bridgehead atoms. The second-order valence-electron chi connectivity index (χ2n) is 12.0. The molecule has 4 heteroatoms. The Morgan fingerprint density at radius 1 is 0.759 bits per heavy atom. The molecule has 2 saturated heterocycles. The van der Waals surface area contributed by atoms with Crippen LogP contribution < -0.4 is 0 Å². The van der Waals surface area contributed by atoms with Crippen molar-refractivity contribution >= 4 is 11.9 Å². The third kappa shape index (κ3) is 2.32. The minimum absolute atomic E-state index is 0.0260. The van der Waals surface area contributed by atoms with Crippen molar-refractivity contribution in [3.8, 4) is 0 Å². The van der Waals surface area contributed by atoms with Crippen LogP contribution in [0.4, 0.5) is 0 Å². The molecule has 2 spiro atoms. The van der Waals surface area contributed by atoms with Gasteiger partial charge in [-0.05, 0) is 99.7 Å². The Labute approximate surface area is 174 Å². The zero-order chi connectivity index (χ0) is 20.1. The molecule has 160 valence electrons. The van der Waals surface area contributed by atoms with Gasteiger partial charge in [-0.2, -0.15) is 0 Å². The van der Waals surface area contributed by atoms with Crippen molar-refractivity contribution in [1.82, 2.24) is 0 Å². The fraction of sp³-hybridized carbons (Fsp3) is 0.920. The molecule has 8 atom stereocenters. The summed E-state index contributed by atoms with van der Waals surface area (Å²) >= 11 is 0. The minimum Gasteiger partial charge on any atom is -0.459 e. The summed E-state index contributed by atoms with van der Waals surface area (Å²) in [5, 5.41) is 0. The van der Waals surface area contributed by atoms with Gasteiger partial charge in [-0.25, -0.2) is 0 Å². The average molecular weight is 401 g/mol. The fourth-order valence-electron chi connectivity index (χ4n) is 9.60. The SMILES string of the molecule is C[C@]12CCC3(CCC(=O)O3)CC1CC[C@@H]1[C@@H]2CC[C@@]2(C)[C@H]1CC[C@@]21CCC(=O)O1. The first-order chi connectivity index (χ1) is 13.8. The molecule has 0 aromatic heterocycles. The van der Waals surface area contributed by atoms with Crippen molar-refractivity contribution in [2.24, 2.45) is 34.5 Å². The van der Waals surface area contributed by atoms with Crippen LogP contribution in [0.15, 0.2) is 0 Å². The van der Waals surface area contributed by atoms with Gasteiger partial charge in [-0.15, -0.1) is 0 Å². The summed E-state index contributed by atoms with van der Waals surface area (Å²) in [6.07, 6.45) is 14.0. The van der Waals surface area contributed by atoms with Crippen LogP contribution in [0.1, 0.15) is 97.3 Å². The molecule has 0 amide bonds. The summed E-state index contributed by atoms with van der Waals surface area (Å²) in [7, 11) is 0. The Morgan fingerprint density at radius 3 is 2.24 bits per heavy atom. The molecule has 2 aliphatic heterocycles. The highest BCUT2D eigenvalue weighted by atomic mass is 16.6. The summed E-state index contributed by atoms with van der Waals surface area (Å²) in [5.41, 5.74) is 0.284. The first-order valence-electron chi connectivity index (χ1n) is 12.2. The van der Waals surface area contributed by atoms with E-state index in [2.05, 4.69) is 13.8 Å². The fourth-order valence-corrected chi connectivity index (χ4v) is 9.60. The molecule has 6 fully saturated rings. The number of ether oxygens (including phenoxy) is 2. The molecular weight excluding hydrogens is 364 g/mol. The van der Waals surface area contributed by atoms with Crippen molar-refractivity contribution in [2.45, 2.75) is 109 Å². The maximum atomic E-state index is 12.0. The van der Waals surface area contributed by atoms with Gasteiger partial charge >= 0.3 is 11.9 Å². The van der Waals surface area contributed by atoms with Crippen LogP contribution in [0.3, 0.4) is 0 Å². The number of hydrogen-bond donors (Lipinski definition) is 0. The summed E-state index contributed by atoms with van der Waals surface area (Å²) < 4.78 is 12.0. The highest BCUT2D eigenvalue weighted by Gasteiger charge is 2.68. The van der Waals surface area contributed by atoms with Gasteiger partial charge in [0.25, 0.3) is 0 Å². The number of carbonyl (C=O) groups is 2. The molecule has 0 N–H and O–H groups in total. The first kappa shape index (κ1) is 18.7. The molecule has 4 nitrogen and oxygen atoms in total. The van der Waals surface area contributed by atoms with Crippen LogP contribution in [0.25, 0.3) is 0 Å². The van der Waals surface area contributed by atoms with Crippen LogP contribution >= 0.6 is 0 Å². The van der Waals surface area contributed by atoms with E-state index in [1.54, 1.807) is 0 Å². The second-order valence-corrected chi connectivity index (χ2v) is 12.0. The van der Waals surface area contributed by atoms with E-state index in [0.717, 1.165) is 43.9 Å². The lowest BCUT2D eigenvalue weighted by atomic mass is 9.43. The van der Waals surface area contributed by atoms with Crippen LogP contribution in [-0.2, 0) is 19.1 Å². The lowest BCUT2D eigenvalue weighted by Crippen LogP contribution is -2.58. The van der Waals surface area contributed by atoms with Gasteiger partial charge in [-0.3, -0.25) is 9.59 Å². The number of hydrogen-bond acceptors (Lipinski definition) is 4. The van der Waals surface area contributed by atoms with Crippen molar-refractivity contribution in [3.05, 3.63) is 0 Å². The molecule has 0 radical (unpaired) electrons. The molecule has 0 aromatic rings. The van der Waals surface area contributed by atoms with Crippen molar-refractivity contribution in [1.29, 1.82) is 0 Å². The molecule has 29 heavy (non-hydrogen) atoms. The zero-order valence-electron chi connectivity index (χ0n) is 18.1. The summed E-state index contributed by atoms with van der Waals surface area (Å²) in [5.74, 6) is 3.05. The van der Waals surface area contributed by atoms with Gasteiger partial charge in [0, 0.05) is 18.3 Å². The van der Waals surface area contributed by atoms with Gasteiger partial charge in [0.2, 0.25) is 0 Å². The Morgan fingerprint density at radius 2 is 1.52 bits per heavy atom. The van der Waals surface area contributed by atoms with Crippen molar-refractivity contribution < 1.29 is 19.1 Å². The number of rotatable bonds is 0. The van der Waals surface area contributed by atoms with E-state index >= 15 is 0 Å². The van der Waals surface area contributed by atoms with E-state index in [4.69, 9.17) is 9.47 Å². The lowest BCUT2D eigenvalue weighted by molar-refractivity contribution is -0.184. The minimum atomic E-state index is -0.161. The molecule has 2 heterocycles. The van der Waals surface area contributed by atoms with E-state index in [0.29, 0.717) is 30.1 Å². The summed E-state index contributed by atoms with van der Waals surface area (Å²) in [6.45, 7) is 5.03. The first-order valence-corrected chi connectivity index (χ1v) is 12.2. The molecule has 4 saturated carbocycles. The number of fused-ring (bicyclic) bond motifs is 6. The highest BCUT2D eigenvalue weighted by Crippen LogP contribution is 2.71. The Balaban J connectivity index is 1.26. The van der Waals surface area contributed by atoms with E-state index < -0.39 is 0 Å². The quantitative estimate of drug-likeness (QED) is 0.526. The van der Waals surface area contributed by atoms with Crippen LogP contribution in [0.2, 0.25) is 0 Å².